The van der Waals surface area contributed by atoms with Gasteiger partial charge in [-0.25, -0.2) is 0 Å². The Morgan fingerprint density at radius 1 is 1.45 bits per heavy atom. The molecule has 0 aromatic rings. The highest BCUT2D eigenvalue weighted by Gasteiger charge is 1.98. The number of carbonyl (C=O) groups is 2. The summed E-state index contributed by atoms with van der Waals surface area (Å²) in [5.74, 6) is 0. The topological polar surface area (TPSA) is 104 Å². The van der Waals surface area contributed by atoms with Gasteiger partial charge in [0, 0.05) is 0 Å². The summed E-state index contributed by atoms with van der Waals surface area (Å²) >= 11 is 0. The monoisotopic (exact) mass is 166 g/mol. The van der Waals surface area contributed by atoms with E-state index in [4.69, 9.17) is 20.1 Å². The van der Waals surface area contributed by atoms with E-state index >= 15 is 0 Å². The average Bonchev–Trinajstić information content (AvgIpc) is 2.02. The quantitative estimate of drug-likeness (QED) is 0.426. The maximum atomic E-state index is 9.41. The fourth-order valence-electron chi connectivity index (χ4n) is 0.203. The molecule has 1 unspecified atom stereocenters. The standard InChI is InChI=1S/C4H8O4.CH2O2/c5-1-4(7)2-8-3-6;2-1-3/h3-5,7H,1-2H2;1H,(H,2,3). The van der Waals surface area contributed by atoms with Crippen molar-refractivity contribution in [1.29, 1.82) is 0 Å². The van der Waals surface area contributed by atoms with E-state index in [1.54, 1.807) is 0 Å². The molecule has 6 heteroatoms. The van der Waals surface area contributed by atoms with E-state index in [9.17, 15) is 4.79 Å². The van der Waals surface area contributed by atoms with Crippen molar-refractivity contribution in [2.45, 2.75) is 6.10 Å². The Bertz CT molecular complexity index is 93.0. The second-order valence-corrected chi connectivity index (χ2v) is 1.37. The molecule has 0 fully saturated rings. The van der Waals surface area contributed by atoms with Crippen LogP contribution in [-0.2, 0) is 14.3 Å². The zero-order valence-corrected chi connectivity index (χ0v) is 5.71. The molecule has 6 nitrogen and oxygen atoms in total. The highest BCUT2D eigenvalue weighted by Crippen LogP contribution is 1.78. The number of hydrogen-bond acceptors (Lipinski definition) is 5. The molecule has 0 heterocycles. The minimum atomic E-state index is -0.944. The minimum absolute atomic E-state index is 0.139. The van der Waals surface area contributed by atoms with E-state index < -0.39 is 6.10 Å². The van der Waals surface area contributed by atoms with Crippen molar-refractivity contribution in [3.8, 4) is 0 Å². The van der Waals surface area contributed by atoms with Gasteiger partial charge in [-0.1, -0.05) is 0 Å². The van der Waals surface area contributed by atoms with Crippen LogP contribution < -0.4 is 0 Å². The molecule has 1 atom stereocenters. The normalized spacial score (nSPS) is 10.4. The van der Waals surface area contributed by atoms with Crippen molar-refractivity contribution in [3.05, 3.63) is 0 Å². The highest BCUT2D eigenvalue weighted by atomic mass is 16.5. The molecule has 66 valence electrons. The molecule has 3 N–H and O–H groups in total. The lowest BCUT2D eigenvalue weighted by molar-refractivity contribution is -0.132. The maximum Gasteiger partial charge on any atom is 0.293 e. The van der Waals surface area contributed by atoms with Crippen LogP contribution in [0, 0.1) is 0 Å². The Morgan fingerprint density at radius 3 is 2.18 bits per heavy atom. The Hall–Kier alpha value is -1.14. The summed E-state index contributed by atoms with van der Waals surface area (Å²) in [4.78, 5) is 17.8. The first-order valence-corrected chi connectivity index (χ1v) is 2.64. The Kier molecular flexibility index (Phi) is 13.2. The molecule has 0 aliphatic rings. The van der Waals surface area contributed by atoms with E-state index in [1.807, 2.05) is 0 Å². The van der Waals surface area contributed by atoms with E-state index in [2.05, 4.69) is 4.74 Å². The van der Waals surface area contributed by atoms with Crippen molar-refractivity contribution in [2.24, 2.45) is 0 Å². The Balaban J connectivity index is 0. The Morgan fingerprint density at radius 2 is 1.91 bits per heavy atom. The number of carboxylic acid groups (broad SMARTS) is 1. The van der Waals surface area contributed by atoms with Crippen LogP contribution in [0.4, 0.5) is 0 Å². The smallest absolute Gasteiger partial charge is 0.293 e. The van der Waals surface area contributed by atoms with Gasteiger partial charge in [0.1, 0.15) is 12.7 Å². The van der Waals surface area contributed by atoms with Crippen molar-refractivity contribution in [1.82, 2.24) is 0 Å². The minimum Gasteiger partial charge on any atom is -0.483 e. The third-order valence-corrected chi connectivity index (χ3v) is 0.567. The molecule has 0 aromatic heterocycles. The SMILES string of the molecule is O=CO.O=COCC(O)CO. The summed E-state index contributed by atoms with van der Waals surface area (Å²) in [6, 6.07) is 0. The highest BCUT2D eigenvalue weighted by molar-refractivity contribution is 5.36. The van der Waals surface area contributed by atoms with Gasteiger partial charge in [-0.15, -0.1) is 0 Å². The third-order valence-electron chi connectivity index (χ3n) is 0.567. The summed E-state index contributed by atoms with van der Waals surface area (Å²) in [5.41, 5.74) is 0. The fraction of sp³-hybridized carbons (Fsp3) is 0.600. The van der Waals surface area contributed by atoms with E-state index in [0.717, 1.165) is 0 Å². The van der Waals surface area contributed by atoms with Gasteiger partial charge in [-0.2, -0.15) is 0 Å². The lowest BCUT2D eigenvalue weighted by Crippen LogP contribution is -2.18. The van der Waals surface area contributed by atoms with Crippen LogP contribution in [0.25, 0.3) is 0 Å². The summed E-state index contributed by atoms with van der Waals surface area (Å²) in [6.45, 7) is -0.549. The van der Waals surface area contributed by atoms with Crippen LogP contribution in [0.5, 0.6) is 0 Å². The van der Waals surface area contributed by atoms with Crippen molar-refractivity contribution >= 4 is 12.9 Å². The second-order valence-electron chi connectivity index (χ2n) is 1.37. The van der Waals surface area contributed by atoms with Crippen LogP contribution in [0.3, 0.4) is 0 Å². The number of hydrogen-bond donors (Lipinski definition) is 3. The maximum absolute atomic E-state index is 9.41. The largest absolute Gasteiger partial charge is 0.483 e. The van der Waals surface area contributed by atoms with Gasteiger partial charge < -0.3 is 20.1 Å². The van der Waals surface area contributed by atoms with Crippen molar-refractivity contribution < 1.29 is 29.6 Å². The molecule has 11 heavy (non-hydrogen) atoms. The molecule has 0 saturated heterocycles. The summed E-state index contributed by atoms with van der Waals surface area (Å²) in [5, 5.41) is 23.5. The van der Waals surface area contributed by atoms with Crippen LogP contribution in [0.1, 0.15) is 0 Å². The van der Waals surface area contributed by atoms with Gasteiger partial charge in [0.15, 0.2) is 0 Å². The van der Waals surface area contributed by atoms with E-state index in [-0.39, 0.29) is 26.2 Å². The van der Waals surface area contributed by atoms with E-state index in [0.29, 0.717) is 0 Å². The third kappa shape index (κ3) is 17.7. The molecular formula is C5H10O6. The van der Waals surface area contributed by atoms with Crippen LogP contribution in [0.2, 0.25) is 0 Å². The fourth-order valence-corrected chi connectivity index (χ4v) is 0.203. The molecule has 0 rings (SSSR count). The first kappa shape index (κ1) is 12.5. The molecule has 0 spiro atoms. The van der Waals surface area contributed by atoms with Crippen molar-refractivity contribution in [2.75, 3.05) is 13.2 Å². The number of carbonyl (C=O) groups excluding carboxylic acids is 1. The van der Waals surface area contributed by atoms with Crippen LogP contribution in [0.15, 0.2) is 0 Å². The zero-order valence-electron chi connectivity index (χ0n) is 5.71. The van der Waals surface area contributed by atoms with Gasteiger partial charge in [0.05, 0.1) is 6.61 Å². The molecule has 0 saturated carbocycles. The zero-order chi connectivity index (χ0) is 9.11. The molecule has 0 aliphatic carbocycles. The van der Waals surface area contributed by atoms with Gasteiger partial charge in [0.2, 0.25) is 0 Å². The molecule has 0 radical (unpaired) electrons. The predicted octanol–water partition coefficient (Wildman–Crippen LogP) is -1.79. The molecule has 0 aromatic carbocycles. The van der Waals surface area contributed by atoms with Gasteiger partial charge in [-0.05, 0) is 0 Å². The number of rotatable bonds is 4. The first-order chi connectivity index (χ1) is 5.22. The van der Waals surface area contributed by atoms with Gasteiger partial charge in [-0.3, -0.25) is 9.59 Å². The number of aliphatic hydroxyl groups is 2. The second kappa shape index (κ2) is 11.6. The van der Waals surface area contributed by atoms with E-state index in [1.165, 1.54) is 0 Å². The average molecular weight is 166 g/mol. The first-order valence-electron chi connectivity index (χ1n) is 2.64. The van der Waals surface area contributed by atoms with Crippen molar-refractivity contribution in [3.63, 3.8) is 0 Å². The summed E-state index contributed by atoms with van der Waals surface area (Å²) in [6.07, 6.45) is -0.944. The summed E-state index contributed by atoms with van der Waals surface area (Å²) in [7, 11) is 0. The number of aliphatic hydroxyl groups excluding tert-OH is 2. The predicted molar refractivity (Wildman–Crippen MR) is 33.8 cm³/mol. The molecule has 0 aliphatic heterocycles. The van der Waals surface area contributed by atoms with Gasteiger partial charge in [0.25, 0.3) is 12.9 Å². The molecule has 0 bridgehead atoms. The Labute approximate surface area is 63.0 Å². The van der Waals surface area contributed by atoms with Gasteiger partial charge >= 0.3 is 0 Å². The van der Waals surface area contributed by atoms with Crippen LogP contribution in [-0.4, -0.2) is 47.6 Å². The molecule has 0 amide bonds. The summed E-state index contributed by atoms with van der Waals surface area (Å²) < 4.78 is 4.10. The van der Waals surface area contributed by atoms with Crippen LogP contribution >= 0.6 is 0 Å². The lowest BCUT2D eigenvalue weighted by Gasteiger charge is -2.02. The number of ether oxygens (including phenoxy) is 1. The molecular weight excluding hydrogens is 156 g/mol. The lowest BCUT2D eigenvalue weighted by atomic mass is 10.4.